The van der Waals surface area contributed by atoms with Crippen LogP contribution in [0.25, 0.3) is 0 Å². The molecule has 0 spiro atoms. The molecule has 3 fully saturated rings. The molecule has 15 heteroatoms. The molecule has 14 nitrogen and oxygen atoms in total. The van der Waals surface area contributed by atoms with Gasteiger partial charge in [0.2, 0.25) is 0 Å². The van der Waals surface area contributed by atoms with Gasteiger partial charge in [-0.1, -0.05) is 20.8 Å². The maximum absolute atomic E-state index is 16.8. The molecule has 52 heavy (non-hydrogen) atoms. The lowest BCUT2D eigenvalue weighted by Crippen LogP contribution is -2.62. The normalized spacial score (nSPS) is 50.5. The molecular formula is C37H66FNO13. The van der Waals surface area contributed by atoms with Crippen molar-refractivity contribution in [3.8, 4) is 0 Å². The van der Waals surface area contributed by atoms with Gasteiger partial charge in [-0.25, -0.2) is 4.39 Å². The number of carbonyl (C=O) groups excluding carboxylic acids is 2. The predicted octanol–water partition coefficient (Wildman–Crippen LogP) is 1.88. The molecule has 304 valence electrons. The van der Waals surface area contributed by atoms with E-state index in [0.29, 0.717) is 6.42 Å². The number of Topliss-reactive ketones (excluding diaryl/α,β-unsaturated/α-hetero) is 1. The van der Waals surface area contributed by atoms with Gasteiger partial charge in [-0.05, 0) is 75.4 Å². The average Bonchev–Trinajstić information content (AvgIpc) is 3.05. The van der Waals surface area contributed by atoms with E-state index in [1.165, 1.54) is 34.8 Å². The van der Waals surface area contributed by atoms with Crippen LogP contribution in [0.15, 0.2) is 0 Å². The first-order valence-electron chi connectivity index (χ1n) is 18.5. The fourth-order valence-corrected chi connectivity index (χ4v) is 8.45. The summed E-state index contributed by atoms with van der Waals surface area (Å²) in [6.45, 7) is 14.7. The van der Waals surface area contributed by atoms with Gasteiger partial charge in [-0.15, -0.1) is 0 Å². The highest BCUT2D eigenvalue weighted by atomic mass is 19.1. The van der Waals surface area contributed by atoms with Crippen molar-refractivity contribution in [2.24, 2.45) is 17.8 Å². The van der Waals surface area contributed by atoms with Crippen molar-refractivity contribution in [3.05, 3.63) is 0 Å². The van der Waals surface area contributed by atoms with Crippen molar-refractivity contribution in [1.82, 2.24) is 4.90 Å². The standard InChI is InChI=1S/C37H66FNO13/c1-14-24-37(10,46)29(42)21(5)28(41)34(7,38)17-35(8,45)31(52-33-26(40)23(39(11)12)15-18(2)48-33)19(3)27(20(4)32(44)50-24)51-25-16-36(9,47-13)30(43)22(6)49-25/h18-27,29-31,33,40,42-43,45-46H,14-17H2,1-13H3/t18-,19+,20-,21+,22+,23+,24-,25+,26-,27+,29-,30+,31-,33+,34+,35-,36+,37-/m1/s1. The Morgan fingerprint density at radius 2 is 1.52 bits per heavy atom. The second-order valence-corrected chi connectivity index (χ2v) is 16.7. The van der Waals surface area contributed by atoms with Gasteiger partial charge in [0.05, 0.1) is 47.6 Å². The van der Waals surface area contributed by atoms with Crippen LogP contribution >= 0.6 is 0 Å². The van der Waals surface area contributed by atoms with Crippen molar-refractivity contribution in [3.63, 3.8) is 0 Å². The zero-order valence-corrected chi connectivity index (χ0v) is 33.2. The van der Waals surface area contributed by atoms with E-state index in [0.717, 1.165) is 6.92 Å². The van der Waals surface area contributed by atoms with E-state index in [2.05, 4.69) is 0 Å². The van der Waals surface area contributed by atoms with Crippen LogP contribution in [-0.4, -0.2) is 153 Å². The van der Waals surface area contributed by atoms with E-state index >= 15 is 4.39 Å². The molecule has 5 N–H and O–H groups in total. The number of halogens is 1. The molecule has 0 aromatic carbocycles. The number of aliphatic hydroxyl groups is 5. The van der Waals surface area contributed by atoms with Crippen LogP contribution in [0.3, 0.4) is 0 Å². The summed E-state index contributed by atoms with van der Waals surface area (Å²) in [7, 11) is 5.04. The van der Waals surface area contributed by atoms with Crippen LogP contribution in [0.1, 0.15) is 94.9 Å². The summed E-state index contributed by atoms with van der Waals surface area (Å²) in [4.78, 5) is 29.6. The Morgan fingerprint density at radius 3 is 2.06 bits per heavy atom. The summed E-state index contributed by atoms with van der Waals surface area (Å²) in [6, 6.07) is -0.405. The van der Waals surface area contributed by atoms with Crippen LogP contribution in [0.2, 0.25) is 0 Å². The van der Waals surface area contributed by atoms with Gasteiger partial charge >= 0.3 is 5.97 Å². The minimum absolute atomic E-state index is 0.0296. The highest BCUT2D eigenvalue weighted by molar-refractivity contribution is 5.89. The molecule has 0 saturated carbocycles. The SMILES string of the molecule is CC[C@H]1OC(=O)[C@H](C)[C@@H](O[C@H]2C[C@](C)(OC)[C@@H](O)[C@H](C)O2)[C@H](C)[C@@H](O[C@@H]2O[C@H](C)C[C@H](N(C)C)[C@H]2O)[C@](C)(O)C[C@](C)(F)C(=O)[C@H](C)[C@@H](O)[C@]1(C)O. The van der Waals surface area contributed by atoms with Crippen molar-refractivity contribution in [1.29, 1.82) is 0 Å². The van der Waals surface area contributed by atoms with Crippen molar-refractivity contribution in [2.75, 3.05) is 21.2 Å². The lowest BCUT2D eigenvalue weighted by atomic mass is 9.73. The number of ketones is 1. The Hall–Kier alpha value is -1.37. The molecule has 0 amide bonds. The molecule has 0 bridgehead atoms. The second kappa shape index (κ2) is 16.8. The maximum atomic E-state index is 16.8. The van der Waals surface area contributed by atoms with Gasteiger partial charge in [0.1, 0.15) is 23.9 Å². The summed E-state index contributed by atoms with van der Waals surface area (Å²) < 4.78 is 53.4. The van der Waals surface area contributed by atoms with Crippen molar-refractivity contribution >= 4 is 11.8 Å². The summed E-state index contributed by atoms with van der Waals surface area (Å²) in [6.07, 6.45) is -11.9. The third-order valence-corrected chi connectivity index (χ3v) is 11.8. The van der Waals surface area contributed by atoms with Gasteiger partial charge in [0, 0.05) is 37.8 Å². The number of ether oxygens (including phenoxy) is 6. The average molecular weight is 752 g/mol. The Bertz CT molecular complexity index is 1220. The Kier molecular flexibility index (Phi) is 14.5. The summed E-state index contributed by atoms with van der Waals surface area (Å²) >= 11 is 0. The Morgan fingerprint density at radius 1 is 0.923 bits per heavy atom. The van der Waals surface area contributed by atoms with Crippen LogP contribution in [0.5, 0.6) is 0 Å². The number of carbonyl (C=O) groups is 2. The highest BCUT2D eigenvalue weighted by Gasteiger charge is 2.56. The smallest absolute Gasteiger partial charge is 0.311 e. The number of likely N-dealkylation sites (N-methyl/N-ethyl adjacent to an activating group) is 1. The number of methoxy groups -OCH3 is 1. The third kappa shape index (κ3) is 9.35. The van der Waals surface area contributed by atoms with E-state index in [4.69, 9.17) is 28.4 Å². The quantitative estimate of drug-likeness (QED) is 0.237. The van der Waals surface area contributed by atoms with Crippen molar-refractivity contribution in [2.45, 2.75) is 185 Å². The summed E-state index contributed by atoms with van der Waals surface area (Å²) in [5.41, 5.74) is -8.26. The van der Waals surface area contributed by atoms with Gasteiger partial charge in [0.25, 0.3) is 0 Å². The first-order chi connectivity index (χ1) is 23.7. The largest absolute Gasteiger partial charge is 0.459 e. The highest BCUT2D eigenvalue weighted by Crippen LogP contribution is 2.42. The van der Waals surface area contributed by atoms with Crippen LogP contribution in [0, 0.1) is 17.8 Å². The minimum atomic E-state index is -2.77. The van der Waals surface area contributed by atoms with Gasteiger partial charge in [-0.2, -0.15) is 0 Å². The minimum Gasteiger partial charge on any atom is -0.459 e. The first kappa shape index (κ1) is 45.0. The molecule has 3 aliphatic heterocycles. The number of alkyl halides is 1. The lowest BCUT2D eigenvalue weighted by Gasteiger charge is -2.49. The Balaban J connectivity index is 2.22. The maximum Gasteiger partial charge on any atom is 0.311 e. The molecule has 0 radical (unpaired) electrons. The van der Waals surface area contributed by atoms with Crippen LogP contribution < -0.4 is 0 Å². The van der Waals surface area contributed by atoms with Gasteiger partial charge in [0.15, 0.2) is 24.0 Å². The van der Waals surface area contributed by atoms with E-state index in [1.54, 1.807) is 41.8 Å². The molecule has 0 aliphatic carbocycles. The number of aliphatic hydroxyl groups excluding tert-OH is 3. The van der Waals surface area contributed by atoms with Gasteiger partial charge in [-0.3, -0.25) is 9.59 Å². The Labute approximate surface area is 308 Å². The van der Waals surface area contributed by atoms with Crippen molar-refractivity contribution < 1.29 is 67.9 Å². The van der Waals surface area contributed by atoms with E-state index in [9.17, 15) is 35.1 Å². The predicted molar refractivity (Wildman–Crippen MR) is 187 cm³/mol. The van der Waals surface area contributed by atoms with E-state index in [1.807, 2.05) is 11.8 Å². The van der Waals surface area contributed by atoms with E-state index < -0.39 is 120 Å². The number of hydrogen-bond acceptors (Lipinski definition) is 14. The fraction of sp³-hybridized carbons (Fsp3) is 0.946. The molecular weight excluding hydrogens is 685 g/mol. The molecule has 0 unspecified atom stereocenters. The molecule has 3 heterocycles. The third-order valence-electron chi connectivity index (χ3n) is 11.8. The number of cyclic esters (lactones) is 1. The second-order valence-electron chi connectivity index (χ2n) is 16.7. The fourth-order valence-electron chi connectivity index (χ4n) is 8.45. The number of nitrogens with zero attached hydrogens (tertiary/aromatic N) is 1. The molecule has 3 saturated heterocycles. The molecule has 0 aromatic heterocycles. The molecule has 3 rings (SSSR count). The van der Waals surface area contributed by atoms with Crippen LogP contribution in [-0.2, 0) is 38.0 Å². The molecule has 3 aliphatic rings. The van der Waals surface area contributed by atoms with Crippen LogP contribution in [0.4, 0.5) is 4.39 Å². The number of hydrogen-bond donors (Lipinski definition) is 5. The molecule has 18 atom stereocenters. The monoisotopic (exact) mass is 751 g/mol. The first-order valence-corrected chi connectivity index (χ1v) is 18.5. The topological polar surface area (TPSA) is 194 Å². The summed E-state index contributed by atoms with van der Waals surface area (Å²) in [5, 5.41) is 57.4. The summed E-state index contributed by atoms with van der Waals surface area (Å²) in [5.74, 6) is -5.61. The van der Waals surface area contributed by atoms with Gasteiger partial charge < -0.3 is 58.9 Å². The number of esters is 1. The lowest BCUT2D eigenvalue weighted by molar-refractivity contribution is -0.318. The number of rotatable bonds is 7. The zero-order chi connectivity index (χ0) is 39.9. The van der Waals surface area contributed by atoms with E-state index in [-0.39, 0.29) is 18.9 Å². The zero-order valence-electron chi connectivity index (χ0n) is 33.2. The molecule has 0 aromatic rings.